The molecule has 0 spiro atoms. The summed E-state index contributed by atoms with van der Waals surface area (Å²) in [6.45, 7) is 13.5. The molecule has 0 radical (unpaired) electrons. The van der Waals surface area contributed by atoms with Crippen molar-refractivity contribution >= 4 is 27.5 Å². The first-order valence-electron chi connectivity index (χ1n) is 13.2. The Bertz CT molecular complexity index is 1720. The van der Waals surface area contributed by atoms with Gasteiger partial charge in [0, 0.05) is 22.1 Å². The van der Waals surface area contributed by atoms with Crippen LogP contribution in [0.4, 0.5) is 4.39 Å². The van der Waals surface area contributed by atoms with E-state index in [-0.39, 0.29) is 27.5 Å². The molecule has 3 aromatic carbocycles. The minimum atomic E-state index is -0.313. The fourth-order valence-corrected chi connectivity index (χ4v) is 7.10. The second-order valence-electron chi connectivity index (χ2n) is 12.7. The second kappa shape index (κ2) is 6.56. The summed E-state index contributed by atoms with van der Waals surface area (Å²) in [7, 11) is 0. The molecule has 2 aromatic heterocycles. The Balaban J connectivity index is 1.66. The van der Waals surface area contributed by atoms with E-state index in [9.17, 15) is 0 Å². The summed E-state index contributed by atoms with van der Waals surface area (Å²) >= 11 is 0. The van der Waals surface area contributed by atoms with Crippen molar-refractivity contribution in [3.8, 4) is 0 Å². The summed E-state index contributed by atoms with van der Waals surface area (Å²) in [5, 5.41) is 2.23. The molecule has 2 heterocycles. The quantitative estimate of drug-likeness (QED) is 0.250. The van der Waals surface area contributed by atoms with Crippen LogP contribution in [0.2, 0.25) is 0 Å². The van der Waals surface area contributed by atoms with Gasteiger partial charge >= 0.3 is 0 Å². The maximum absolute atomic E-state index is 16.7. The van der Waals surface area contributed by atoms with E-state index in [1.54, 1.807) is 0 Å². The first-order valence-corrected chi connectivity index (χ1v) is 13.2. The maximum atomic E-state index is 16.7. The van der Waals surface area contributed by atoms with Crippen LogP contribution in [-0.4, -0.2) is 9.38 Å². The van der Waals surface area contributed by atoms with Crippen molar-refractivity contribution in [3.05, 3.63) is 94.9 Å². The molecule has 2 nitrogen and oxygen atoms in total. The largest absolute Gasteiger partial charge is 0.295 e. The molecule has 2 aliphatic carbocycles. The van der Waals surface area contributed by atoms with E-state index in [0.29, 0.717) is 5.52 Å². The van der Waals surface area contributed by atoms with Crippen LogP contribution >= 0.6 is 0 Å². The summed E-state index contributed by atoms with van der Waals surface area (Å²) < 4.78 is 19.0. The molecule has 0 aliphatic heterocycles. The number of aromatic nitrogens is 2. The maximum Gasteiger partial charge on any atom is 0.155 e. The fraction of sp³-hybridized carbons (Fsp3) is 0.364. The zero-order valence-corrected chi connectivity index (χ0v) is 22.0. The summed E-state index contributed by atoms with van der Waals surface area (Å²) in [6, 6.07) is 23.8. The van der Waals surface area contributed by atoms with Gasteiger partial charge in [0.15, 0.2) is 5.82 Å². The van der Waals surface area contributed by atoms with E-state index in [1.807, 2.05) is 0 Å². The zero-order valence-electron chi connectivity index (χ0n) is 22.0. The summed E-state index contributed by atoms with van der Waals surface area (Å²) in [5.74, 6) is -0.144. The van der Waals surface area contributed by atoms with Gasteiger partial charge in [-0.3, -0.25) is 4.40 Å². The van der Waals surface area contributed by atoms with Crippen molar-refractivity contribution in [2.24, 2.45) is 5.41 Å². The molecule has 3 heteroatoms. The fourth-order valence-electron chi connectivity index (χ4n) is 7.10. The molecule has 1 fully saturated rings. The van der Waals surface area contributed by atoms with Crippen LogP contribution in [0.1, 0.15) is 76.8 Å². The van der Waals surface area contributed by atoms with Crippen LogP contribution < -0.4 is 0 Å². The topological polar surface area (TPSA) is 17.3 Å². The van der Waals surface area contributed by atoms with E-state index in [2.05, 4.69) is 113 Å². The van der Waals surface area contributed by atoms with Crippen molar-refractivity contribution < 1.29 is 4.39 Å². The van der Waals surface area contributed by atoms with Gasteiger partial charge in [0.25, 0.3) is 0 Å². The average Bonchev–Trinajstić information content (AvgIpc) is 3.55. The highest BCUT2D eigenvalue weighted by molar-refractivity contribution is 5.99. The number of pyridine rings is 1. The van der Waals surface area contributed by atoms with Gasteiger partial charge in [0.05, 0.1) is 5.52 Å². The lowest BCUT2D eigenvalue weighted by atomic mass is 9.59. The molecule has 2 aliphatic rings. The van der Waals surface area contributed by atoms with Crippen molar-refractivity contribution in [3.63, 3.8) is 0 Å². The molecule has 0 unspecified atom stereocenters. The SMILES string of the molecule is CC1(C)c2cc3c(nc4c5ccccc5cc(C5(c6ccccc6)CC5)n34)c(F)c2C(C)(C)C1(C)C. The third-order valence-corrected chi connectivity index (χ3v) is 10.6. The number of hydrogen-bond donors (Lipinski definition) is 0. The van der Waals surface area contributed by atoms with Crippen molar-refractivity contribution in [2.45, 2.75) is 70.6 Å². The second-order valence-corrected chi connectivity index (χ2v) is 12.7. The van der Waals surface area contributed by atoms with Crippen molar-refractivity contribution in [1.82, 2.24) is 9.38 Å². The van der Waals surface area contributed by atoms with E-state index in [4.69, 9.17) is 4.98 Å². The minimum absolute atomic E-state index is 0.0687. The number of halogens is 1. The van der Waals surface area contributed by atoms with E-state index < -0.39 is 0 Å². The summed E-state index contributed by atoms with van der Waals surface area (Å²) in [6.07, 6.45) is 2.17. The first-order chi connectivity index (χ1) is 17.0. The molecule has 5 aromatic rings. The number of fused-ring (bicyclic) bond motifs is 6. The Labute approximate surface area is 212 Å². The number of hydrogen-bond acceptors (Lipinski definition) is 1. The smallest absolute Gasteiger partial charge is 0.155 e. The Morgan fingerprint density at radius 3 is 2.17 bits per heavy atom. The molecule has 182 valence electrons. The predicted molar refractivity (Wildman–Crippen MR) is 146 cm³/mol. The molecule has 7 rings (SSSR count). The number of rotatable bonds is 2. The third-order valence-electron chi connectivity index (χ3n) is 10.6. The zero-order chi connectivity index (χ0) is 25.3. The molecule has 0 saturated heterocycles. The van der Waals surface area contributed by atoms with E-state index >= 15 is 4.39 Å². The van der Waals surface area contributed by atoms with Crippen LogP contribution in [-0.2, 0) is 16.2 Å². The lowest BCUT2D eigenvalue weighted by Gasteiger charge is -2.44. The van der Waals surface area contributed by atoms with Gasteiger partial charge in [-0.05, 0) is 57.7 Å². The Hall–Kier alpha value is -3.20. The van der Waals surface area contributed by atoms with Gasteiger partial charge in [0.1, 0.15) is 11.2 Å². The van der Waals surface area contributed by atoms with Gasteiger partial charge in [-0.2, -0.15) is 0 Å². The van der Waals surface area contributed by atoms with Gasteiger partial charge in [-0.1, -0.05) is 96.1 Å². The average molecular weight is 477 g/mol. The molecule has 0 N–H and O–H groups in total. The minimum Gasteiger partial charge on any atom is -0.295 e. The monoisotopic (exact) mass is 476 g/mol. The predicted octanol–water partition coefficient (Wildman–Crippen LogP) is 8.45. The normalized spacial score (nSPS) is 20.8. The Kier molecular flexibility index (Phi) is 4.02. The van der Waals surface area contributed by atoms with Crippen LogP contribution in [0.15, 0.2) is 66.7 Å². The van der Waals surface area contributed by atoms with Crippen LogP contribution in [0.25, 0.3) is 27.5 Å². The van der Waals surface area contributed by atoms with Gasteiger partial charge in [-0.25, -0.2) is 9.37 Å². The first kappa shape index (κ1) is 22.0. The number of nitrogens with zero attached hydrogens (tertiary/aromatic N) is 2. The number of benzene rings is 3. The molecule has 1 saturated carbocycles. The Morgan fingerprint density at radius 1 is 0.806 bits per heavy atom. The van der Waals surface area contributed by atoms with E-state index in [0.717, 1.165) is 45.9 Å². The molecule has 36 heavy (non-hydrogen) atoms. The molecule has 0 atom stereocenters. The van der Waals surface area contributed by atoms with Gasteiger partial charge < -0.3 is 0 Å². The summed E-state index contributed by atoms with van der Waals surface area (Å²) in [5.41, 5.74) is 6.08. The standard InChI is InChI=1S/C33H33FN2/c1-30(2)23-19-24-28(27(34)26(23)31(3,4)32(30,5)6)35-29-22-15-11-10-12-20(22)18-25(36(24)29)33(16-17-33)21-13-8-7-9-14-21/h7-15,18-19H,16-17H2,1-6H3. The molecule has 0 amide bonds. The molecular weight excluding hydrogens is 443 g/mol. The third kappa shape index (κ3) is 2.40. The van der Waals surface area contributed by atoms with Gasteiger partial charge in [-0.15, -0.1) is 0 Å². The number of imidazole rings is 1. The van der Waals surface area contributed by atoms with E-state index in [1.165, 1.54) is 11.3 Å². The van der Waals surface area contributed by atoms with Crippen LogP contribution in [0, 0.1) is 11.2 Å². The lowest BCUT2D eigenvalue weighted by Crippen LogP contribution is -2.42. The molecule has 0 bridgehead atoms. The molecular formula is C33H33FN2. The lowest BCUT2D eigenvalue weighted by molar-refractivity contribution is 0.123. The van der Waals surface area contributed by atoms with Crippen LogP contribution in [0.3, 0.4) is 0 Å². The highest BCUT2D eigenvalue weighted by atomic mass is 19.1. The highest BCUT2D eigenvalue weighted by Gasteiger charge is 2.58. The van der Waals surface area contributed by atoms with Crippen LogP contribution in [0.5, 0.6) is 0 Å². The highest BCUT2D eigenvalue weighted by Crippen LogP contribution is 2.63. The summed E-state index contributed by atoms with van der Waals surface area (Å²) in [4.78, 5) is 5.07. The Morgan fingerprint density at radius 2 is 1.47 bits per heavy atom. The van der Waals surface area contributed by atoms with Crippen molar-refractivity contribution in [1.29, 1.82) is 0 Å². The van der Waals surface area contributed by atoms with Gasteiger partial charge in [0.2, 0.25) is 0 Å². The van der Waals surface area contributed by atoms with Crippen molar-refractivity contribution in [2.75, 3.05) is 0 Å².